The third-order valence-electron chi connectivity index (χ3n) is 6.12. The maximum atomic E-state index is 16.3. The van der Waals surface area contributed by atoms with Gasteiger partial charge in [-0.15, -0.1) is 6.42 Å². The number of hydrogen-bond donors (Lipinski definition) is 3. The Morgan fingerprint density at radius 1 is 1.16 bits per heavy atom. The Labute approximate surface area is 211 Å². The van der Waals surface area contributed by atoms with Crippen LogP contribution in [0.25, 0.3) is 32.9 Å². The highest BCUT2D eigenvalue weighted by Crippen LogP contribution is 2.42. The Kier molecular flexibility index (Phi) is 5.96. The van der Waals surface area contributed by atoms with E-state index in [1.807, 2.05) is 0 Å². The molecule has 1 aliphatic carbocycles. The van der Waals surface area contributed by atoms with Gasteiger partial charge in [-0.3, -0.25) is 0 Å². The molecule has 1 aliphatic rings. The van der Waals surface area contributed by atoms with E-state index in [0.29, 0.717) is 18.2 Å². The van der Waals surface area contributed by atoms with E-state index >= 15 is 4.39 Å². The van der Waals surface area contributed by atoms with Crippen LogP contribution in [0.15, 0.2) is 24.3 Å². The molecule has 4 aromatic rings. The van der Waals surface area contributed by atoms with E-state index in [1.165, 1.54) is 31.4 Å². The van der Waals surface area contributed by atoms with Gasteiger partial charge < -0.3 is 25.0 Å². The van der Waals surface area contributed by atoms with Gasteiger partial charge in [-0.2, -0.15) is 9.97 Å². The van der Waals surface area contributed by atoms with Crippen molar-refractivity contribution in [1.82, 2.24) is 15.0 Å². The predicted octanol–water partition coefficient (Wildman–Crippen LogP) is 4.54. The van der Waals surface area contributed by atoms with Crippen molar-refractivity contribution in [1.29, 1.82) is 0 Å². The summed E-state index contributed by atoms with van der Waals surface area (Å²) < 4.78 is 42.1. The number of benzene rings is 2. The van der Waals surface area contributed by atoms with Crippen LogP contribution in [0.1, 0.15) is 32.3 Å². The molecule has 0 amide bonds. The summed E-state index contributed by atoms with van der Waals surface area (Å²) in [6.45, 7) is 3.72. The van der Waals surface area contributed by atoms with Gasteiger partial charge in [-0.25, -0.2) is 13.8 Å². The lowest BCUT2D eigenvalue weighted by Gasteiger charge is -2.19. The Balaban J connectivity index is 1.85. The fourth-order valence-corrected chi connectivity index (χ4v) is 4.15. The van der Waals surface area contributed by atoms with E-state index in [1.54, 1.807) is 13.8 Å². The molecule has 0 atom stereocenters. The van der Waals surface area contributed by atoms with Gasteiger partial charge in [-0.05, 0) is 50.3 Å². The Hall–Kier alpha value is -4.23. The number of anilines is 1. The maximum Gasteiger partial charge on any atom is 0.318 e. The minimum absolute atomic E-state index is 0.00416. The Morgan fingerprint density at radius 3 is 2.57 bits per heavy atom. The molecule has 190 valence electrons. The quantitative estimate of drug-likeness (QED) is 0.314. The second-order valence-corrected chi connectivity index (χ2v) is 9.26. The van der Waals surface area contributed by atoms with Crippen molar-refractivity contribution in [2.24, 2.45) is 0 Å². The molecule has 1 saturated carbocycles. The third kappa shape index (κ3) is 4.42. The van der Waals surface area contributed by atoms with Crippen molar-refractivity contribution in [3.63, 3.8) is 0 Å². The van der Waals surface area contributed by atoms with Crippen molar-refractivity contribution in [3.8, 4) is 41.2 Å². The summed E-state index contributed by atoms with van der Waals surface area (Å²) in [5.41, 5.74) is -1.33. The summed E-state index contributed by atoms with van der Waals surface area (Å²) >= 11 is 0. The molecule has 0 unspecified atom stereocenters. The number of methoxy groups -OCH3 is 1. The van der Waals surface area contributed by atoms with Gasteiger partial charge >= 0.3 is 6.01 Å². The number of phenols is 1. The molecular weight excluding hydrogens is 482 g/mol. The average molecular weight is 507 g/mol. The third-order valence-corrected chi connectivity index (χ3v) is 6.12. The summed E-state index contributed by atoms with van der Waals surface area (Å²) in [5.74, 6) is 0.759. The summed E-state index contributed by atoms with van der Waals surface area (Å²) in [6, 6.07) is 5.16. The number of ether oxygens (including phenoxy) is 2. The highest BCUT2D eigenvalue weighted by Gasteiger charge is 2.40. The molecular formula is C27H24F2N4O4. The van der Waals surface area contributed by atoms with Gasteiger partial charge in [0.2, 0.25) is 5.88 Å². The van der Waals surface area contributed by atoms with E-state index in [-0.39, 0.29) is 69.2 Å². The number of halogens is 2. The molecule has 8 nitrogen and oxygen atoms in total. The first-order valence-electron chi connectivity index (χ1n) is 11.6. The molecule has 2 heterocycles. The van der Waals surface area contributed by atoms with Crippen LogP contribution in [0.4, 0.5) is 14.6 Å². The minimum Gasteiger partial charge on any atom is -0.508 e. The molecule has 5 rings (SSSR count). The molecule has 2 aromatic carbocycles. The van der Waals surface area contributed by atoms with Crippen LogP contribution < -0.4 is 14.8 Å². The molecule has 1 fully saturated rings. The minimum atomic E-state index is -0.876. The number of aliphatic hydroxyl groups is 1. The standard InChI is InChI=1S/C27H24F2N4O4/c1-5-16-18(28)7-6-14-10-15(34)11-17(19(14)16)22-21(29)23-20(25(31-22)37-13(2)3)24(33-26(32-23)36-4)30-12-27(35)8-9-27/h1,6-7,10-11,13,34-35H,8-9,12H2,2-4H3,(H,30,32,33). The number of rotatable bonds is 7. The van der Waals surface area contributed by atoms with Gasteiger partial charge in [0, 0.05) is 17.5 Å². The summed E-state index contributed by atoms with van der Waals surface area (Å²) in [6.07, 6.45) is 6.50. The van der Waals surface area contributed by atoms with Crippen LogP contribution in [0.3, 0.4) is 0 Å². The molecule has 10 heteroatoms. The van der Waals surface area contributed by atoms with E-state index in [0.717, 1.165) is 0 Å². The van der Waals surface area contributed by atoms with Crippen molar-refractivity contribution in [2.45, 2.75) is 38.4 Å². The number of terminal acetylenes is 1. The molecule has 2 aromatic heterocycles. The van der Waals surface area contributed by atoms with Crippen LogP contribution in [-0.4, -0.2) is 50.5 Å². The van der Waals surface area contributed by atoms with Gasteiger partial charge in [0.25, 0.3) is 0 Å². The first-order chi connectivity index (χ1) is 17.6. The second kappa shape index (κ2) is 9.01. The van der Waals surface area contributed by atoms with Crippen LogP contribution >= 0.6 is 0 Å². The summed E-state index contributed by atoms with van der Waals surface area (Å²) in [5, 5.41) is 24.5. The molecule has 0 saturated heterocycles. The molecule has 0 radical (unpaired) electrons. The van der Waals surface area contributed by atoms with Crippen LogP contribution in [0, 0.1) is 24.0 Å². The lowest BCUT2D eigenvalue weighted by molar-refractivity contribution is 0.164. The van der Waals surface area contributed by atoms with Crippen molar-refractivity contribution >= 4 is 27.5 Å². The first kappa shape index (κ1) is 24.5. The summed E-state index contributed by atoms with van der Waals surface area (Å²) in [4.78, 5) is 13.0. The highest BCUT2D eigenvalue weighted by atomic mass is 19.1. The van der Waals surface area contributed by atoms with Crippen molar-refractivity contribution in [2.75, 3.05) is 19.0 Å². The lowest BCUT2D eigenvalue weighted by Crippen LogP contribution is -2.22. The number of phenolic OH excluding ortho intramolecular Hbond substituents is 1. The molecule has 0 aliphatic heterocycles. The number of aromatic nitrogens is 3. The van der Waals surface area contributed by atoms with Crippen LogP contribution in [0.5, 0.6) is 17.6 Å². The molecule has 3 N–H and O–H groups in total. The number of fused-ring (bicyclic) bond motifs is 2. The number of nitrogens with zero attached hydrogens (tertiary/aromatic N) is 3. The molecule has 0 spiro atoms. The Bertz CT molecular complexity index is 1600. The van der Waals surface area contributed by atoms with E-state index in [2.05, 4.69) is 26.2 Å². The number of nitrogens with one attached hydrogen (secondary N) is 1. The first-order valence-corrected chi connectivity index (χ1v) is 11.6. The predicted molar refractivity (Wildman–Crippen MR) is 135 cm³/mol. The normalized spacial score (nSPS) is 14.1. The fourth-order valence-electron chi connectivity index (χ4n) is 4.15. The molecule has 37 heavy (non-hydrogen) atoms. The van der Waals surface area contributed by atoms with Gasteiger partial charge in [0.1, 0.15) is 34.0 Å². The lowest BCUT2D eigenvalue weighted by atomic mass is 9.95. The van der Waals surface area contributed by atoms with E-state index in [9.17, 15) is 14.6 Å². The van der Waals surface area contributed by atoms with Crippen molar-refractivity contribution < 1.29 is 28.5 Å². The number of pyridine rings is 1. The fraction of sp³-hybridized carbons (Fsp3) is 0.296. The number of hydrogen-bond acceptors (Lipinski definition) is 8. The average Bonchev–Trinajstić information content (AvgIpc) is 3.60. The topological polar surface area (TPSA) is 110 Å². The maximum absolute atomic E-state index is 16.3. The smallest absolute Gasteiger partial charge is 0.318 e. The highest BCUT2D eigenvalue weighted by molar-refractivity contribution is 6.04. The monoisotopic (exact) mass is 506 g/mol. The molecule has 0 bridgehead atoms. The SMILES string of the molecule is C#Cc1c(F)ccc2cc(O)cc(-c3nc(OC(C)C)c4c(NCC5(O)CC5)nc(OC)nc4c3F)c12. The van der Waals surface area contributed by atoms with Crippen LogP contribution in [0.2, 0.25) is 0 Å². The van der Waals surface area contributed by atoms with E-state index in [4.69, 9.17) is 15.9 Å². The van der Waals surface area contributed by atoms with Gasteiger partial charge in [-0.1, -0.05) is 12.0 Å². The zero-order valence-corrected chi connectivity index (χ0v) is 20.4. The second-order valence-electron chi connectivity index (χ2n) is 9.26. The van der Waals surface area contributed by atoms with Crippen molar-refractivity contribution in [3.05, 3.63) is 41.5 Å². The Morgan fingerprint density at radius 2 is 1.92 bits per heavy atom. The number of aromatic hydroxyl groups is 1. The zero-order chi connectivity index (χ0) is 26.5. The largest absolute Gasteiger partial charge is 0.508 e. The van der Waals surface area contributed by atoms with Gasteiger partial charge in [0.15, 0.2) is 5.82 Å². The summed E-state index contributed by atoms with van der Waals surface area (Å²) in [7, 11) is 1.34. The van der Waals surface area contributed by atoms with E-state index < -0.39 is 17.2 Å². The van der Waals surface area contributed by atoms with Gasteiger partial charge in [0.05, 0.1) is 24.4 Å². The van der Waals surface area contributed by atoms with Crippen LogP contribution in [-0.2, 0) is 0 Å². The zero-order valence-electron chi connectivity index (χ0n) is 20.4.